The van der Waals surface area contributed by atoms with Gasteiger partial charge in [0, 0.05) is 25.4 Å². The van der Waals surface area contributed by atoms with E-state index in [2.05, 4.69) is 34.9 Å². The van der Waals surface area contributed by atoms with Gasteiger partial charge in [0.15, 0.2) is 0 Å². The number of alkyl carbamates (subject to hydrolysis) is 1. The van der Waals surface area contributed by atoms with E-state index < -0.39 is 17.5 Å². The van der Waals surface area contributed by atoms with Crippen molar-refractivity contribution in [1.82, 2.24) is 10.6 Å². The number of amides is 2. The van der Waals surface area contributed by atoms with Crippen LogP contribution in [-0.2, 0) is 14.3 Å². The van der Waals surface area contributed by atoms with E-state index in [9.17, 15) is 14.4 Å². The Morgan fingerprint density at radius 3 is 2.17 bits per heavy atom. The van der Waals surface area contributed by atoms with Gasteiger partial charge in [-0.05, 0) is 59.8 Å². The SMILES string of the molecule is O=C(O)CCCCNC(=O)C1(CNC(=O)OCC2c3ccccc3-c3ccccc32)CC12CCC2. The molecule has 2 aromatic rings. The van der Waals surface area contributed by atoms with Gasteiger partial charge in [0.05, 0.1) is 5.41 Å². The summed E-state index contributed by atoms with van der Waals surface area (Å²) in [7, 11) is 0. The Morgan fingerprint density at radius 1 is 0.943 bits per heavy atom. The van der Waals surface area contributed by atoms with E-state index in [-0.39, 0.29) is 36.8 Å². The van der Waals surface area contributed by atoms with Gasteiger partial charge in [0.2, 0.25) is 5.91 Å². The maximum atomic E-state index is 13.1. The quantitative estimate of drug-likeness (QED) is 0.439. The van der Waals surface area contributed by atoms with Gasteiger partial charge in [-0.25, -0.2) is 4.79 Å². The van der Waals surface area contributed by atoms with Gasteiger partial charge in [-0.15, -0.1) is 0 Å². The molecule has 3 aliphatic carbocycles. The van der Waals surface area contributed by atoms with Crippen LogP contribution in [0.4, 0.5) is 4.79 Å². The molecule has 7 heteroatoms. The molecule has 3 N–H and O–H groups in total. The molecule has 5 rings (SSSR count). The van der Waals surface area contributed by atoms with Gasteiger partial charge in [0.1, 0.15) is 6.61 Å². The monoisotopic (exact) mass is 476 g/mol. The minimum atomic E-state index is -0.823. The molecule has 2 aromatic carbocycles. The lowest BCUT2D eigenvalue weighted by molar-refractivity contribution is -0.137. The van der Waals surface area contributed by atoms with Gasteiger partial charge in [-0.3, -0.25) is 9.59 Å². The first-order valence-corrected chi connectivity index (χ1v) is 12.5. The number of fused-ring (bicyclic) bond motifs is 3. The lowest BCUT2D eigenvalue weighted by Gasteiger charge is -2.32. The van der Waals surface area contributed by atoms with Crippen molar-refractivity contribution < 1.29 is 24.2 Å². The van der Waals surface area contributed by atoms with Crippen LogP contribution in [0.2, 0.25) is 0 Å². The normalized spacial score (nSPS) is 20.9. The molecule has 35 heavy (non-hydrogen) atoms. The van der Waals surface area contributed by atoms with E-state index in [1.807, 2.05) is 24.3 Å². The van der Waals surface area contributed by atoms with Crippen LogP contribution < -0.4 is 10.6 Å². The van der Waals surface area contributed by atoms with Crippen molar-refractivity contribution in [1.29, 1.82) is 0 Å². The summed E-state index contributed by atoms with van der Waals surface area (Å²) >= 11 is 0. The standard InChI is InChI=1S/C28H32N2O5/c31-24(32)12-5-6-15-29-25(33)28(17-27(28)13-7-14-27)18-30-26(34)35-16-23-21-10-3-1-8-19(21)20-9-2-4-11-22(20)23/h1-4,8-11,23H,5-7,12-18H2,(H,29,33)(H,30,34)(H,31,32). The van der Waals surface area contributed by atoms with Crippen molar-refractivity contribution in [2.75, 3.05) is 19.7 Å². The molecule has 184 valence electrons. The summed E-state index contributed by atoms with van der Waals surface area (Å²) in [6, 6.07) is 16.4. The molecule has 2 amide bonds. The van der Waals surface area contributed by atoms with Gasteiger partial charge < -0.3 is 20.5 Å². The second kappa shape index (κ2) is 9.36. The zero-order valence-corrected chi connectivity index (χ0v) is 19.8. The average Bonchev–Trinajstić information content (AvgIpc) is 3.45. The molecule has 7 nitrogen and oxygen atoms in total. The van der Waals surface area contributed by atoms with E-state index in [1.165, 1.54) is 11.1 Å². The summed E-state index contributed by atoms with van der Waals surface area (Å²) in [6.07, 6.45) is 4.67. The Kier molecular flexibility index (Phi) is 6.26. The summed E-state index contributed by atoms with van der Waals surface area (Å²) in [5.74, 6) is -0.864. The van der Waals surface area contributed by atoms with Crippen LogP contribution in [0.5, 0.6) is 0 Å². The fourth-order valence-electron chi connectivity index (χ4n) is 6.09. The number of carboxylic acid groups (broad SMARTS) is 1. The van der Waals surface area contributed by atoms with E-state index in [0.717, 1.165) is 36.8 Å². The number of nitrogens with one attached hydrogen (secondary N) is 2. The minimum Gasteiger partial charge on any atom is -0.481 e. The molecular weight excluding hydrogens is 444 g/mol. The highest BCUT2D eigenvalue weighted by molar-refractivity contribution is 5.88. The van der Waals surface area contributed by atoms with Crippen LogP contribution in [0.25, 0.3) is 11.1 Å². The van der Waals surface area contributed by atoms with Crippen LogP contribution in [0, 0.1) is 10.8 Å². The summed E-state index contributed by atoms with van der Waals surface area (Å²) in [6.45, 7) is 0.966. The van der Waals surface area contributed by atoms with Crippen LogP contribution in [-0.4, -0.2) is 42.8 Å². The Labute approximate surface area is 205 Å². The highest BCUT2D eigenvalue weighted by Crippen LogP contribution is 2.73. The van der Waals surface area contributed by atoms with Crippen molar-refractivity contribution >= 4 is 18.0 Å². The lowest BCUT2D eigenvalue weighted by Crippen LogP contribution is -2.45. The Bertz CT molecular complexity index is 1100. The van der Waals surface area contributed by atoms with Gasteiger partial charge in [-0.1, -0.05) is 55.0 Å². The zero-order chi connectivity index (χ0) is 24.5. The van der Waals surface area contributed by atoms with Crippen molar-refractivity contribution in [3.63, 3.8) is 0 Å². The molecule has 2 saturated carbocycles. The first-order valence-electron chi connectivity index (χ1n) is 12.5. The zero-order valence-electron chi connectivity index (χ0n) is 19.8. The summed E-state index contributed by atoms with van der Waals surface area (Å²) < 4.78 is 5.66. The fraction of sp³-hybridized carbons (Fsp3) is 0.464. The first-order chi connectivity index (χ1) is 17.0. The number of benzene rings is 2. The van der Waals surface area contributed by atoms with E-state index >= 15 is 0 Å². The average molecular weight is 477 g/mol. The second-order valence-electron chi connectivity index (χ2n) is 10.2. The molecule has 1 atom stereocenters. The molecule has 0 heterocycles. The number of rotatable bonds is 10. The molecule has 0 aromatic heterocycles. The number of ether oxygens (including phenoxy) is 1. The third-order valence-electron chi connectivity index (χ3n) is 8.26. The fourth-order valence-corrected chi connectivity index (χ4v) is 6.09. The molecule has 1 unspecified atom stereocenters. The number of hydrogen-bond donors (Lipinski definition) is 3. The van der Waals surface area contributed by atoms with Gasteiger partial charge >= 0.3 is 12.1 Å². The van der Waals surface area contributed by atoms with Crippen molar-refractivity contribution in [2.24, 2.45) is 10.8 Å². The summed E-state index contributed by atoms with van der Waals surface area (Å²) in [4.78, 5) is 36.4. The van der Waals surface area contributed by atoms with E-state index in [1.54, 1.807) is 0 Å². The molecule has 1 spiro atoms. The molecule has 3 aliphatic rings. The Hall–Kier alpha value is -3.35. The molecule has 0 saturated heterocycles. The van der Waals surface area contributed by atoms with Crippen molar-refractivity contribution in [2.45, 2.75) is 50.9 Å². The van der Waals surface area contributed by atoms with Gasteiger partial charge in [0.25, 0.3) is 0 Å². The molecule has 0 bridgehead atoms. The Morgan fingerprint density at radius 2 is 1.60 bits per heavy atom. The lowest BCUT2D eigenvalue weighted by atomic mass is 9.74. The van der Waals surface area contributed by atoms with Crippen LogP contribution >= 0.6 is 0 Å². The molecule has 0 radical (unpaired) electrons. The second-order valence-corrected chi connectivity index (χ2v) is 10.2. The van der Waals surface area contributed by atoms with Crippen molar-refractivity contribution in [3.05, 3.63) is 59.7 Å². The number of carbonyl (C=O) groups is 3. The summed E-state index contributed by atoms with van der Waals surface area (Å²) in [5.41, 5.74) is 4.10. The number of carbonyl (C=O) groups excluding carboxylic acids is 2. The Balaban J connectivity index is 1.16. The number of unbranched alkanes of at least 4 members (excludes halogenated alkanes) is 1. The van der Waals surface area contributed by atoms with E-state index in [4.69, 9.17) is 9.84 Å². The predicted molar refractivity (Wildman–Crippen MR) is 131 cm³/mol. The third kappa shape index (κ3) is 4.28. The van der Waals surface area contributed by atoms with E-state index in [0.29, 0.717) is 19.4 Å². The maximum absolute atomic E-state index is 13.1. The van der Waals surface area contributed by atoms with Crippen LogP contribution in [0.3, 0.4) is 0 Å². The number of hydrogen-bond acceptors (Lipinski definition) is 4. The predicted octanol–water partition coefficient (Wildman–Crippen LogP) is 4.46. The third-order valence-corrected chi connectivity index (χ3v) is 8.26. The minimum absolute atomic E-state index is 0.00453. The molecular formula is C28H32N2O5. The largest absolute Gasteiger partial charge is 0.481 e. The highest BCUT2D eigenvalue weighted by atomic mass is 16.5. The number of carboxylic acids is 1. The first kappa shape index (κ1) is 23.4. The number of aliphatic carboxylic acids is 1. The van der Waals surface area contributed by atoms with Gasteiger partial charge in [-0.2, -0.15) is 0 Å². The maximum Gasteiger partial charge on any atom is 0.407 e. The van der Waals surface area contributed by atoms with Crippen molar-refractivity contribution in [3.8, 4) is 11.1 Å². The smallest absolute Gasteiger partial charge is 0.407 e. The topological polar surface area (TPSA) is 105 Å². The van der Waals surface area contributed by atoms with Crippen LogP contribution in [0.1, 0.15) is 62.0 Å². The summed E-state index contributed by atoms with van der Waals surface area (Å²) in [5, 5.41) is 14.6. The molecule has 0 aliphatic heterocycles. The highest BCUT2D eigenvalue weighted by Gasteiger charge is 2.73. The van der Waals surface area contributed by atoms with Crippen LogP contribution in [0.15, 0.2) is 48.5 Å². The molecule has 2 fully saturated rings.